The molecule has 8 heteroatoms. The molecule has 2 fully saturated rings. The summed E-state index contributed by atoms with van der Waals surface area (Å²) < 4.78 is 12.1. The standard InChI is InChI=1S/C27H42N2O5Si/c1-26(2,3)35(6,7)34-22-13-15-28(16-14-22)25(32)33-21-10-8-20(9-11-21)12-17-29-23(30)18-27(4,5)19-24(29)31/h8-11,22H,12-19H2,1-7H3. The Morgan fingerprint density at radius 1 is 1.03 bits per heavy atom. The number of hydrogen-bond donors (Lipinski definition) is 0. The fraction of sp³-hybridized carbons (Fsp3) is 0.667. The number of piperidine rings is 2. The van der Waals surface area contributed by atoms with Crippen LogP contribution in [0.2, 0.25) is 18.1 Å². The molecule has 2 aliphatic rings. The van der Waals surface area contributed by atoms with E-state index in [0.29, 0.717) is 44.6 Å². The highest BCUT2D eigenvalue weighted by Gasteiger charge is 2.40. The average Bonchev–Trinajstić information content (AvgIpc) is 2.73. The van der Waals surface area contributed by atoms with Gasteiger partial charge < -0.3 is 14.1 Å². The monoisotopic (exact) mass is 502 g/mol. The molecule has 7 nitrogen and oxygen atoms in total. The molecule has 2 heterocycles. The quantitative estimate of drug-likeness (QED) is 0.385. The summed E-state index contributed by atoms with van der Waals surface area (Å²) in [5, 5.41) is 0.172. The van der Waals surface area contributed by atoms with E-state index in [4.69, 9.17) is 9.16 Å². The molecule has 1 aromatic carbocycles. The van der Waals surface area contributed by atoms with Crippen molar-refractivity contribution in [3.63, 3.8) is 0 Å². The van der Waals surface area contributed by atoms with Crippen molar-refractivity contribution in [2.24, 2.45) is 5.41 Å². The predicted octanol–water partition coefficient (Wildman–Crippen LogP) is 5.39. The van der Waals surface area contributed by atoms with Gasteiger partial charge in [0, 0.05) is 38.6 Å². The minimum atomic E-state index is -1.82. The lowest BCUT2D eigenvalue weighted by molar-refractivity contribution is -0.152. The van der Waals surface area contributed by atoms with Crippen molar-refractivity contribution in [3.05, 3.63) is 29.8 Å². The van der Waals surface area contributed by atoms with Crippen LogP contribution in [-0.4, -0.2) is 61.8 Å². The van der Waals surface area contributed by atoms with Crippen molar-refractivity contribution >= 4 is 26.2 Å². The van der Waals surface area contributed by atoms with Gasteiger partial charge in [-0.15, -0.1) is 0 Å². The van der Waals surface area contributed by atoms with Crippen LogP contribution in [-0.2, 0) is 20.4 Å². The second kappa shape index (κ2) is 10.4. The Hall–Kier alpha value is -2.19. The minimum Gasteiger partial charge on any atom is -0.414 e. The summed E-state index contributed by atoms with van der Waals surface area (Å²) >= 11 is 0. The van der Waals surface area contributed by atoms with E-state index in [0.717, 1.165) is 18.4 Å². The van der Waals surface area contributed by atoms with E-state index in [9.17, 15) is 14.4 Å². The molecule has 194 valence electrons. The van der Waals surface area contributed by atoms with Crippen molar-refractivity contribution in [2.45, 2.75) is 91.0 Å². The molecule has 0 radical (unpaired) electrons. The molecule has 0 N–H and O–H groups in total. The lowest BCUT2D eigenvalue weighted by Gasteiger charge is -2.41. The molecule has 3 rings (SSSR count). The molecule has 0 unspecified atom stereocenters. The van der Waals surface area contributed by atoms with Crippen molar-refractivity contribution in [1.82, 2.24) is 9.80 Å². The third-order valence-corrected chi connectivity index (χ3v) is 12.1. The molecule has 3 amide bonds. The fourth-order valence-electron chi connectivity index (χ4n) is 4.34. The first-order chi connectivity index (χ1) is 16.2. The molecule has 0 aromatic heterocycles. The lowest BCUT2D eigenvalue weighted by Crippen LogP contribution is -2.48. The van der Waals surface area contributed by atoms with Gasteiger partial charge in [0.2, 0.25) is 11.8 Å². The summed E-state index contributed by atoms with van der Waals surface area (Å²) in [4.78, 5) is 40.4. The first kappa shape index (κ1) is 27.4. The van der Waals surface area contributed by atoms with E-state index in [2.05, 4.69) is 33.9 Å². The van der Waals surface area contributed by atoms with Crippen LogP contribution in [0.25, 0.3) is 0 Å². The first-order valence-corrected chi connectivity index (χ1v) is 15.6. The number of ether oxygens (including phenoxy) is 1. The van der Waals surface area contributed by atoms with E-state index < -0.39 is 8.32 Å². The van der Waals surface area contributed by atoms with E-state index in [1.807, 2.05) is 26.0 Å². The van der Waals surface area contributed by atoms with Gasteiger partial charge in [0.15, 0.2) is 8.32 Å². The van der Waals surface area contributed by atoms with Gasteiger partial charge in [-0.2, -0.15) is 0 Å². The average molecular weight is 503 g/mol. The van der Waals surface area contributed by atoms with Crippen LogP contribution >= 0.6 is 0 Å². The number of carbonyl (C=O) groups excluding carboxylic acids is 3. The molecular formula is C27H42N2O5Si. The molecule has 2 aliphatic heterocycles. The number of benzene rings is 1. The predicted molar refractivity (Wildman–Crippen MR) is 139 cm³/mol. The van der Waals surface area contributed by atoms with E-state index in [1.165, 1.54) is 4.90 Å². The van der Waals surface area contributed by atoms with E-state index >= 15 is 0 Å². The van der Waals surface area contributed by atoms with Crippen molar-refractivity contribution in [2.75, 3.05) is 19.6 Å². The molecule has 0 saturated carbocycles. The Labute approximate surface area is 211 Å². The maximum atomic E-state index is 12.7. The van der Waals surface area contributed by atoms with Crippen molar-refractivity contribution in [1.29, 1.82) is 0 Å². The molecule has 35 heavy (non-hydrogen) atoms. The number of likely N-dealkylation sites (tertiary alicyclic amines) is 2. The minimum absolute atomic E-state index is 0.102. The highest BCUT2D eigenvalue weighted by Crippen LogP contribution is 2.38. The summed E-state index contributed by atoms with van der Waals surface area (Å²) in [6.45, 7) is 16.8. The number of carbonyl (C=O) groups is 3. The Balaban J connectivity index is 1.45. The van der Waals surface area contributed by atoms with Crippen LogP contribution in [0.3, 0.4) is 0 Å². The largest absolute Gasteiger partial charge is 0.415 e. The highest BCUT2D eigenvalue weighted by atomic mass is 28.4. The Bertz CT molecular complexity index is 908. The number of hydrogen-bond acceptors (Lipinski definition) is 5. The summed E-state index contributed by atoms with van der Waals surface area (Å²) in [7, 11) is -1.82. The first-order valence-electron chi connectivity index (χ1n) is 12.7. The number of imide groups is 1. The Morgan fingerprint density at radius 2 is 1.57 bits per heavy atom. The third kappa shape index (κ3) is 7.16. The molecule has 0 atom stereocenters. The lowest BCUT2D eigenvalue weighted by atomic mass is 9.81. The van der Waals surface area contributed by atoms with E-state index in [1.54, 1.807) is 17.0 Å². The molecule has 2 saturated heterocycles. The van der Waals surface area contributed by atoms with Crippen LogP contribution in [0.15, 0.2) is 24.3 Å². The zero-order chi connectivity index (χ0) is 26.0. The van der Waals surface area contributed by atoms with Gasteiger partial charge in [-0.05, 0) is 60.5 Å². The Kier molecular flexibility index (Phi) is 8.16. The normalized spacial score (nSPS) is 19.7. The van der Waals surface area contributed by atoms with Gasteiger partial charge >= 0.3 is 6.09 Å². The maximum Gasteiger partial charge on any atom is 0.415 e. The highest BCUT2D eigenvalue weighted by molar-refractivity contribution is 6.74. The third-order valence-electron chi connectivity index (χ3n) is 7.58. The topological polar surface area (TPSA) is 76.2 Å². The van der Waals surface area contributed by atoms with Crippen LogP contribution < -0.4 is 4.74 Å². The zero-order valence-corrected chi connectivity index (χ0v) is 23.5. The van der Waals surface area contributed by atoms with Crippen LogP contribution in [0.5, 0.6) is 5.75 Å². The second-order valence-corrected chi connectivity index (χ2v) is 17.0. The molecule has 0 spiro atoms. The Morgan fingerprint density at radius 3 is 2.09 bits per heavy atom. The number of nitrogens with zero attached hydrogens (tertiary/aromatic N) is 2. The second-order valence-electron chi connectivity index (χ2n) is 12.3. The number of amides is 3. The smallest absolute Gasteiger partial charge is 0.414 e. The van der Waals surface area contributed by atoms with Gasteiger partial charge in [0.1, 0.15) is 5.75 Å². The zero-order valence-electron chi connectivity index (χ0n) is 22.5. The van der Waals surface area contributed by atoms with Crippen LogP contribution in [0.1, 0.15) is 65.9 Å². The van der Waals surface area contributed by atoms with Gasteiger partial charge in [-0.1, -0.05) is 46.8 Å². The van der Waals surface area contributed by atoms with Gasteiger partial charge in [0.05, 0.1) is 0 Å². The molecule has 1 aromatic rings. The van der Waals surface area contributed by atoms with Gasteiger partial charge in [-0.3, -0.25) is 14.5 Å². The SMILES string of the molecule is CC1(C)CC(=O)N(CCc2ccc(OC(=O)N3CCC(O[Si](C)(C)C(C)(C)C)CC3)cc2)C(=O)C1. The molecular weight excluding hydrogens is 460 g/mol. The van der Waals surface area contributed by atoms with Gasteiger partial charge in [-0.25, -0.2) is 4.79 Å². The summed E-state index contributed by atoms with van der Waals surface area (Å²) in [6, 6.07) is 7.29. The summed E-state index contributed by atoms with van der Waals surface area (Å²) in [6.07, 6.45) is 2.88. The van der Waals surface area contributed by atoms with Crippen molar-refractivity contribution in [3.8, 4) is 5.75 Å². The van der Waals surface area contributed by atoms with Gasteiger partial charge in [0.25, 0.3) is 0 Å². The molecule has 0 aliphatic carbocycles. The summed E-state index contributed by atoms with van der Waals surface area (Å²) in [5.41, 5.74) is 0.724. The maximum absolute atomic E-state index is 12.7. The number of rotatable bonds is 6. The van der Waals surface area contributed by atoms with Crippen molar-refractivity contribution < 1.29 is 23.5 Å². The van der Waals surface area contributed by atoms with Crippen LogP contribution in [0, 0.1) is 5.41 Å². The fourth-order valence-corrected chi connectivity index (χ4v) is 5.76. The van der Waals surface area contributed by atoms with Crippen LogP contribution in [0.4, 0.5) is 4.79 Å². The molecule has 0 bridgehead atoms. The van der Waals surface area contributed by atoms with E-state index in [-0.39, 0.29) is 34.5 Å². The summed E-state index contributed by atoms with van der Waals surface area (Å²) in [5.74, 6) is 0.288.